The minimum absolute atomic E-state index is 0.00641. The van der Waals surface area contributed by atoms with Crippen LogP contribution in [-0.4, -0.2) is 44.7 Å². The number of hydrogen-bond donors (Lipinski definition) is 2. The molecule has 36 heavy (non-hydrogen) atoms. The van der Waals surface area contributed by atoms with Crippen LogP contribution in [0.2, 0.25) is 0 Å². The third-order valence-corrected chi connectivity index (χ3v) is 6.57. The van der Waals surface area contributed by atoms with Crippen LogP contribution >= 0.6 is 0 Å². The lowest BCUT2D eigenvalue weighted by molar-refractivity contribution is 0.0825. The number of carbonyl (C=O) groups is 1. The number of amides is 1. The van der Waals surface area contributed by atoms with E-state index in [2.05, 4.69) is 4.98 Å². The fraction of sp³-hybridized carbons (Fsp3) is 0.310. The topological polar surface area (TPSA) is 87.8 Å². The Balaban J connectivity index is 1.55. The van der Waals surface area contributed by atoms with Crippen molar-refractivity contribution < 1.29 is 19.7 Å². The highest BCUT2D eigenvalue weighted by molar-refractivity contribution is 6.01. The molecule has 0 bridgehead atoms. The second kappa shape index (κ2) is 10.9. The number of aliphatic hydroxyl groups is 1. The standard InChI is InChI=1S/C29H33N3O4/c1-19-30-27-25(32(19)4)16-24(29(35)31(2)3)23(28(27)34)14-15-26(33)22-13-9-8-12-21(22)18-36-17-20-10-6-5-7-11-20/h5-13,16,26,33-34H,14-15,17-18H2,1-4H3/t26-/m1/s1. The Morgan fingerprint density at radius 2 is 1.78 bits per heavy atom. The van der Waals surface area contributed by atoms with Crippen LogP contribution in [0.5, 0.6) is 5.75 Å². The van der Waals surface area contributed by atoms with E-state index in [1.54, 1.807) is 20.2 Å². The summed E-state index contributed by atoms with van der Waals surface area (Å²) in [5, 5.41) is 22.2. The number of carbonyl (C=O) groups excluding carboxylic acids is 1. The van der Waals surface area contributed by atoms with E-state index in [1.807, 2.05) is 73.1 Å². The van der Waals surface area contributed by atoms with E-state index in [1.165, 1.54) is 4.90 Å². The SMILES string of the molecule is Cc1nc2c(O)c(CC[C@@H](O)c3ccccc3COCc3ccccc3)c(C(=O)N(C)C)cc2n1C. The molecule has 0 aliphatic rings. The monoisotopic (exact) mass is 487 g/mol. The highest BCUT2D eigenvalue weighted by Crippen LogP contribution is 2.35. The maximum atomic E-state index is 13.0. The molecule has 1 aromatic heterocycles. The van der Waals surface area contributed by atoms with E-state index in [-0.39, 0.29) is 11.7 Å². The van der Waals surface area contributed by atoms with Crippen molar-refractivity contribution in [1.82, 2.24) is 14.5 Å². The number of aromatic hydroxyl groups is 1. The van der Waals surface area contributed by atoms with E-state index in [9.17, 15) is 15.0 Å². The number of aliphatic hydroxyl groups excluding tert-OH is 1. The maximum absolute atomic E-state index is 13.0. The lowest BCUT2D eigenvalue weighted by atomic mass is 9.94. The van der Waals surface area contributed by atoms with Gasteiger partial charge >= 0.3 is 0 Å². The van der Waals surface area contributed by atoms with Crippen LogP contribution in [0.25, 0.3) is 11.0 Å². The number of fused-ring (bicyclic) bond motifs is 1. The Morgan fingerprint density at radius 1 is 1.08 bits per heavy atom. The molecule has 2 N–H and O–H groups in total. The molecular formula is C29H33N3O4. The summed E-state index contributed by atoms with van der Waals surface area (Å²) in [6, 6.07) is 19.4. The number of phenols is 1. The largest absolute Gasteiger partial charge is 0.505 e. The van der Waals surface area contributed by atoms with Crippen molar-refractivity contribution in [3.05, 3.63) is 94.3 Å². The van der Waals surface area contributed by atoms with Gasteiger partial charge in [-0.05, 0) is 42.5 Å². The van der Waals surface area contributed by atoms with Crippen molar-refractivity contribution in [2.45, 2.75) is 39.1 Å². The van der Waals surface area contributed by atoms with Crippen LogP contribution < -0.4 is 0 Å². The molecule has 188 valence electrons. The number of aromatic nitrogens is 2. The molecule has 4 rings (SSSR count). The third kappa shape index (κ3) is 5.27. The first-order chi connectivity index (χ1) is 17.3. The molecule has 4 aromatic rings. The molecule has 0 spiro atoms. The molecule has 1 heterocycles. The lowest BCUT2D eigenvalue weighted by Crippen LogP contribution is -2.23. The van der Waals surface area contributed by atoms with Crippen LogP contribution in [0.4, 0.5) is 0 Å². The Morgan fingerprint density at radius 3 is 2.50 bits per heavy atom. The number of rotatable bonds is 9. The summed E-state index contributed by atoms with van der Waals surface area (Å²) in [6.07, 6.45) is -0.148. The van der Waals surface area contributed by atoms with E-state index in [0.717, 1.165) is 22.5 Å². The van der Waals surface area contributed by atoms with Gasteiger partial charge in [0, 0.05) is 32.3 Å². The fourth-order valence-electron chi connectivity index (χ4n) is 4.43. The highest BCUT2D eigenvalue weighted by Gasteiger charge is 2.23. The summed E-state index contributed by atoms with van der Waals surface area (Å²) < 4.78 is 7.76. The van der Waals surface area contributed by atoms with Crippen molar-refractivity contribution in [1.29, 1.82) is 0 Å². The van der Waals surface area contributed by atoms with Crippen molar-refractivity contribution in [3.8, 4) is 5.75 Å². The van der Waals surface area contributed by atoms with Crippen LogP contribution in [-0.2, 0) is 31.4 Å². The first kappa shape index (κ1) is 25.4. The number of phenolic OH excluding ortho intramolecular Hbond substituents is 1. The minimum Gasteiger partial charge on any atom is -0.505 e. The van der Waals surface area contributed by atoms with Crippen molar-refractivity contribution >= 4 is 16.9 Å². The third-order valence-electron chi connectivity index (χ3n) is 6.57. The molecule has 7 heteroatoms. The van der Waals surface area contributed by atoms with Crippen LogP contribution in [0.15, 0.2) is 60.7 Å². The normalized spacial score (nSPS) is 12.1. The summed E-state index contributed by atoms with van der Waals surface area (Å²) >= 11 is 0. The molecule has 0 saturated carbocycles. The number of aryl methyl sites for hydroxylation is 2. The van der Waals surface area contributed by atoms with Crippen molar-refractivity contribution in [2.75, 3.05) is 14.1 Å². The molecule has 3 aromatic carbocycles. The summed E-state index contributed by atoms with van der Waals surface area (Å²) in [7, 11) is 5.22. The van der Waals surface area contributed by atoms with E-state index in [4.69, 9.17) is 4.74 Å². The molecule has 0 aliphatic carbocycles. The van der Waals surface area contributed by atoms with Gasteiger partial charge in [-0.3, -0.25) is 4.79 Å². The maximum Gasteiger partial charge on any atom is 0.253 e. The quantitative estimate of drug-likeness (QED) is 0.358. The number of nitrogens with zero attached hydrogens (tertiary/aromatic N) is 3. The molecular weight excluding hydrogens is 454 g/mol. The molecule has 0 unspecified atom stereocenters. The smallest absolute Gasteiger partial charge is 0.253 e. The molecule has 0 radical (unpaired) electrons. The highest BCUT2D eigenvalue weighted by atomic mass is 16.5. The number of benzene rings is 3. The van der Waals surface area contributed by atoms with Crippen LogP contribution in [0.3, 0.4) is 0 Å². The Hall–Kier alpha value is -3.68. The molecule has 0 fully saturated rings. The Labute approximate surface area is 211 Å². The average molecular weight is 488 g/mol. The molecule has 7 nitrogen and oxygen atoms in total. The number of hydrogen-bond acceptors (Lipinski definition) is 5. The van der Waals surface area contributed by atoms with Gasteiger partial charge in [0.05, 0.1) is 24.8 Å². The second-order valence-electron chi connectivity index (χ2n) is 9.27. The van der Waals surface area contributed by atoms with Gasteiger partial charge < -0.3 is 24.4 Å². The minimum atomic E-state index is -0.788. The average Bonchev–Trinajstić information content (AvgIpc) is 3.17. The predicted octanol–water partition coefficient (Wildman–Crippen LogP) is 4.67. The summed E-state index contributed by atoms with van der Waals surface area (Å²) in [5.41, 5.74) is 4.84. The first-order valence-electron chi connectivity index (χ1n) is 12.0. The summed E-state index contributed by atoms with van der Waals surface area (Å²) in [5.74, 6) is 0.531. The van der Waals surface area contributed by atoms with Crippen molar-refractivity contribution in [3.63, 3.8) is 0 Å². The molecule has 1 amide bonds. The van der Waals surface area contributed by atoms with Crippen molar-refractivity contribution in [2.24, 2.45) is 7.05 Å². The summed E-state index contributed by atoms with van der Waals surface area (Å²) in [4.78, 5) is 19.0. The van der Waals surface area contributed by atoms with E-state index >= 15 is 0 Å². The Bertz CT molecular complexity index is 1360. The zero-order valence-electron chi connectivity index (χ0n) is 21.2. The zero-order valence-corrected chi connectivity index (χ0v) is 21.2. The van der Waals surface area contributed by atoms with Gasteiger partial charge in [-0.15, -0.1) is 0 Å². The number of ether oxygens (including phenoxy) is 1. The van der Waals surface area contributed by atoms with E-state index in [0.29, 0.717) is 48.2 Å². The molecule has 1 atom stereocenters. The van der Waals surface area contributed by atoms with Gasteiger partial charge in [-0.2, -0.15) is 0 Å². The first-order valence-corrected chi connectivity index (χ1v) is 12.0. The Kier molecular flexibility index (Phi) is 7.72. The van der Waals surface area contributed by atoms with Gasteiger partial charge in [0.2, 0.25) is 0 Å². The zero-order chi connectivity index (χ0) is 25.8. The van der Waals surface area contributed by atoms with Gasteiger partial charge in [0.1, 0.15) is 17.1 Å². The molecule has 0 aliphatic heterocycles. The second-order valence-corrected chi connectivity index (χ2v) is 9.27. The van der Waals surface area contributed by atoms with E-state index < -0.39 is 6.10 Å². The van der Waals surface area contributed by atoms with Gasteiger partial charge in [-0.1, -0.05) is 54.6 Å². The fourth-order valence-corrected chi connectivity index (χ4v) is 4.43. The number of imidazole rings is 1. The van der Waals surface area contributed by atoms with Gasteiger partial charge in [0.25, 0.3) is 5.91 Å². The lowest BCUT2D eigenvalue weighted by Gasteiger charge is -2.19. The predicted molar refractivity (Wildman–Crippen MR) is 140 cm³/mol. The van der Waals surface area contributed by atoms with Gasteiger partial charge in [-0.25, -0.2) is 4.98 Å². The molecule has 0 saturated heterocycles. The van der Waals surface area contributed by atoms with Crippen LogP contribution in [0, 0.1) is 6.92 Å². The van der Waals surface area contributed by atoms with Gasteiger partial charge in [0.15, 0.2) is 0 Å². The summed E-state index contributed by atoms with van der Waals surface area (Å²) in [6.45, 7) is 2.71. The van der Waals surface area contributed by atoms with Crippen LogP contribution in [0.1, 0.15) is 51.0 Å².